The molecular formula is C22H24N4O3. The van der Waals surface area contributed by atoms with Crippen molar-refractivity contribution in [2.75, 3.05) is 19.7 Å². The third-order valence-electron chi connectivity index (χ3n) is 4.98. The van der Waals surface area contributed by atoms with Crippen molar-refractivity contribution in [3.63, 3.8) is 0 Å². The third kappa shape index (κ3) is 5.26. The Morgan fingerprint density at radius 1 is 1.21 bits per heavy atom. The molecule has 1 amide bonds. The highest BCUT2D eigenvalue weighted by Gasteiger charge is 2.24. The van der Waals surface area contributed by atoms with Gasteiger partial charge in [0.15, 0.2) is 5.82 Å². The van der Waals surface area contributed by atoms with E-state index in [9.17, 15) is 4.79 Å². The Hall–Kier alpha value is -3.06. The number of rotatable bonds is 7. The number of pyridine rings is 1. The van der Waals surface area contributed by atoms with Crippen molar-refractivity contribution in [2.24, 2.45) is 0 Å². The fourth-order valence-electron chi connectivity index (χ4n) is 3.46. The molecule has 150 valence electrons. The molecule has 7 nitrogen and oxygen atoms in total. The second kappa shape index (κ2) is 9.43. The molecule has 3 heterocycles. The van der Waals surface area contributed by atoms with E-state index in [1.807, 2.05) is 47.4 Å². The summed E-state index contributed by atoms with van der Waals surface area (Å²) >= 11 is 0. The van der Waals surface area contributed by atoms with Gasteiger partial charge in [0.05, 0.1) is 19.1 Å². The van der Waals surface area contributed by atoms with E-state index in [0.717, 1.165) is 30.5 Å². The van der Waals surface area contributed by atoms with Gasteiger partial charge in [0, 0.05) is 37.5 Å². The minimum absolute atomic E-state index is 0.0436. The molecule has 4 rings (SSSR count). The number of amides is 1. The van der Waals surface area contributed by atoms with E-state index in [1.165, 1.54) is 0 Å². The molecule has 3 aromatic rings. The van der Waals surface area contributed by atoms with Gasteiger partial charge < -0.3 is 14.2 Å². The Bertz CT molecular complexity index is 914. The highest BCUT2D eigenvalue weighted by atomic mass is 16.5. The van der Waals surface area contributed by atoms with Gasteiger partial charge in [-0.25, -0.2) is 0 Å². The first-order chi connectivity index (χ1) is 14.3. The number of nitrogens with zero attached hydrogens (tertiary/aromatic N) is 4. The van der Waals surface area contributed by atoms with Crippen LogP contribution in [0.1, 0.15) is 24.2 Å². The minimum atomic E-state index is 0.0436. The molecule has 29 heavy (non-hydrogen) atoms. The molecule has 0 spiro atoms. The van der Waals surface area contributed by atoms with Gasteiger partial charge >= 0.3 is 0 Å². The van der Waals surface area contributed by atoms with Crippen molar-refractivity contribution in [1.82, 2.24) is 20.0 Å². The average molecular weight is 392 g/mol. The first-order valence-corrected chi connectivity index (χ1v) is 9.94. The second-order valence-corrected chi connectivity index (χ2v) is 7.14. The summed E-state index contributed by atoms with van der Waals surface area (Å²) in [7, 11) is 0. The predicted octanol–water partition coefficient (Wildman–Crippen LogP) is 2.92. The number of ether oxygens (including phenoxy) is 1. The van der Waals surface area contributed by atoms with E-state index in [-0.39, 0.29) is 12.0 Å². The molecule has 2 aromatic heterocycles. The smallest absolute Gasteiger partial charge is 0.257 e. The highest BCUT2D eigenvalue weighted by Crippen LogP contribution is 2.17. The summed E-state index contributed by atoms with van der Waals surface area (Å²) in [5.41, 5.74) is 1.84. The van der Waals surface area contributed by atoms with Crippen LogP contribution in [0.4, 0.5) is 0 Å². The van der Waals surface area contributed by atoms with Crippen molar-refractivity contribution in [1.29, 1.82) is 0 Å². The number of piperidine rings is 1. The molecule has 0 N–H and O–H groups in total. The zero-order chi connectivity index (χ0) is 19.9. The van der Waals surface area contributed by atoms with Crippen LogP contribution in [0.15, 0.2) is 59.4 Å². The van der Waals surface area contributed by atoms with Crippen LogP contribution >= 0.6 is 0 Å². The Morgan fingerprint density at radius 3 is 2.93 bits per heavy atom. The van der Waals surface area contributed by atoms with Crippen LogP contribution in [-0.2, 0) is 22.4 Å². The molecule has 1 atom stereocenters. The zero-order valence-electron chi connectivity index (χ0n) is 16.2. The van der Waals surface area contributed by atoms with E-state index in [1.54, 1.807) is 12.4 Å². The van der Waals surface area contributed by atoms with Crippen molar-refractivity contribution < 1.29 is 14.1 Å². The van der Waals surface area contributed by atoms with Crippen LogP contribution in [0.5, 0.6) is 0 Å². The van der Waals surface area contributed by atoms with Gasteiger partial charge in [-0.3, -0.25) is 9.78 Å². The Labute approximate surface area is 169 Å². The maximum absolute atomic E-state index is 12.6. The largest absolute Gasteiger partial charge is 0.376 e. The summed E-state index contributed by atoms with van der Waals surface area (Å²) < 4.78 is 11.3. The molecule has 1 aliphatic rings. The van der Waals surface area contributed by atoms with Gasteiger partial charge in [0.25, 0.3) is 5.89 Å². The molecule has 1 fully saturated rings. The van der Waals surface area contributed by atoms with E-state index < -0.39 is 0 Å². The summed E-state index contributed by atoms with van der Waals surface area (Å²) in [4.78, 5) is 22.9. The fourth-order valence-corrected chi connectivity index (χ4v) is 3.46. The molecule has 7 heteroatoms. The molecular weight excluding hydrogens is 368 g/mol. The molecule has 1 aliphatic heterocycles. The molecule has 1 unspecified atom stereocenters. The van der Waals surface area contributed by atoms with E-state index in [4.69, 9.17) is 9.26 Å². The minimum Gasteiger partial charge on any atom is -0.376 e. The fraction of sp³-hybridized carbons (Fsp3) is 0.364. The quantitative estimate of drug-likeness (QED) is 0.615. The summed E-state index contributed by atoms with van der Waals surface area (Å²) in [6.07, 6.45) is 6.36. The third-order valence-corrected chi connectivity index (χ3v) is 4.98. The van der Waals surface area contributed by atoms with Crippen LogP contribution in [0, 0.1) is 0 Å². The Balaban J connectivity index is 1.24. The van der Waals surface area contributed by atoms with Crippen LogP contribution in [-0.4, -0.2) is 51.7 Å². The van der Waals surface area contributed by atoms with Crippen molar-refractivity contribution >= 4 is 5.91 Å². The maximum Gasteiger partial charge on any atom is 0.257 e. The summed E-state index contributed by atoms with van der Waals surface area (Å²) in [6, 6.07) is 13.5. The lowest BCUT2D eigenvalue weighted by Gasteiger charge is -2.32. The summed E-state index contributed by atoms with van der Waals surface area (Å²) in [5.74, 6) is 1.27. The number of hydrogen-bond donors (Lipinski definition) is 0. The lowest BCUT2D eigenvalue weighted by atomic mass is 10.1. The number of hydrogen-bond acceptors (Lipinski definition) is 6. The topological polar surface area (TPSA) is 81.4 Å². The van der Waals surface area contributed by atoms with Crippen molar-refractivity contribution in [2.45, 2.75) is 31.8 Å². The average Bonchev–Trinajstić information content (AvgIpc) is 3.24. The molecule has 1 aromatic carbocycles. The molecule has 0 saturated carbocycles. The maximum atomic E-state index is 12.6. The standard InChI is InChI=1S/C22H24N4O3/c27-21(14-17-6-4-11-23-15-17)26-12-5-9-19(16-26)28-13-10-20-24-22(29-25-20)18-7-2-1-3-8-18/h1-4,6-8,11,15,19H,5,9-10,12-14,16H2. The Morgan fingerprint density at radius 2 is 2.10 bits per heavy atom. The van der Waals surface area contributed by atoms with Gasteiger partial charge in [-0.2, -0.15) is 4.98 Å². The zero-order valence-corrected chi connectivity index (χ0v) is 16.2. The Kier molecular flexibility index (Phi) is 6.26. The summed E-state index contributed by atoms with van der Waals surface area (Å²) in [6.45, 7) is 1.91. The van der Waals surface area contributed by atoms with Gasteiger partial charge in [-0.15, -0.1) is 0 Å². The van der Waals surface area contributed by atoms with E-state index >= 15 is 0 Å². The number of carbonyl (C=O) groups excluding carboxylic acids is 1. The lowest BCUT2D eigenvalue weighted by molar-refractivity contribution is -0.134. The van der Waals surface area contributed by atoms with Gasteiger partial charge in [-0.1, -0.05) is 29.4 Å². The van der Waals surface area contributed by atoms with Crippen molar-refractivity contribution in [3.8, 4) is 11.5 Å². The van der Waals surface area contributed by atoms with Crippen LogP contribution in [0.3, 0.4) is 0 Å². The first kappa shape index (κ1) is 19.3. The first-order valence-electron chi connectivity index (χ1n) is 9.94. The second-order valence-electron chi connectivity index (χ2n) is 7.14. The molecule has 0 bridgehead atoms. The predicted molar refractivity (Wildman–Crippen MR) is 107 cm³/mol. The van der Waals surface area contributed by atoms with Crippen LogP contribution < -0.4 is 0 Å². The van der Waals surface area contributed by atoms with Crippen LogP contribution in [0.25, 0.3) is 11.5 Å². The van der Waals surface area contributed by atoms with Gasteiger partial charge in [-0.05, 0) is 36.6 Å². The van der Waals surface area contributed by atoms with Crippen molar-refractivity contribution in [3.05, 3.63) is 66.2 Å². The molecule has 1 saturated heterocycles. The van der Waals surface area contributed by atoms with E-state index in [2.05, 4.69) is 15.1 Å². The summed E-state index contributed by atoms with van der Waals surface area (Å²) in [5, 5.41) is 4.03. The number of benzene rings is 1. The van der Waals surface area contributed by atoms with Crippen LogP contribution in [0.2, 0.25) is 0 Å². The normalized spacial score (nSPS) is 16.7. The number of aromatic nitrogens is 3. The monoisotopic (exact) mass is 392 g/mol. The lowest BCUT2D eigenvalue weighted by Crippen LogP contribution is -2.44. The number of likely N-dealkylation sites (tertiary alicyclic amines) is 1. The molecule has 0 aliphatic carbocycles. The van der Waals surface area contributed by atoms with E-state index in [0.29, 0.717) is 37.7 Å². The SMILES string of the molecule is O=C(Cc1cccnc1)N1CCCC(OCCc2noc(-c3ccccc3)n2)C1. The molecule has 0 radical (unpaired) electrons. The van der Waals surface area contributed by atoms with Gasteiger partial charge in [0.2, 0.25) is 5.91 Å². The number of carbonyl (C=O) groups is 1. The van der Waals surface area contributed by atoms with Gasteiger partial charge in [0.1, 0.15) is 0 Å². The highest BCUT2D eigenvalue weighted by molar-refractivity contribution is 5.78.